The number of nitrogens with two attached hydrogens (primary N) is 1. The Morgan fingerprint density at radius 3 is 2.76 bits per heavy atom. The average molecular weight is 231 g/mol. The van der Waals surface area contributed by atoms with Gasteiger partial charge >= 0.3 is 0 Å². The molecule has 0 radical (unpaired) electrons. The van der Waals surface area contributed by atoms with E-state index in [2.05, 4.69) is 4.98 Å². The number of hydrogen-bond acceptors (Lipinski definition) is 3. The summed E-state index contributed by atoms with van der Waals surface area (Å²) in [6, 6.07) is 3.84. The van der Waals surface area contributed by atoms with E-state index in [1.54, 1.807) is 24.5 Å². The molecule has 4 heteroatoms. The van der Waals surface area contributed by atoms with Gasteiger partial charge in [-0.3, -0.25) is 9.78 Å². The zero-order chi connectivity index (χ0) is 11.8. The van der Waals surface area contributed by atoms with Crippen molar-refractivity contribution in [1.29, 1.82) is 0 Å². The number of rotatable bonds is 1. The summed E-state index contributed by atoms with van der Waals surface area (Å²) in [5, 5.41) is 0. The SMILES string of the molecule is NC1CCC2CN(C(=O)c3ccncc3)CC12. The normalized spacial score (nSPS) is 31.6. The van der Waals surface area contributed by atoms with E-state index in [4.69, 9.17) is 5.73 Å². The predicted octanol–water partition coefficient (Wildman–Crippen LogP) is 0.891. The number of likely N-dealkylation sites (tertiary alicyclic amines) is 1. The van der Waals surface area contributed by atoms with Gasteiger partial charge < -0.3 is 10.6 Å². The van der Waals surface area contributed by atoms with Crippen molar-refractivity contribution in [2.45, 2.75) is 18.9 Å². The molecule has 0 aromatic carbocycles. The van der Waals surface area contributed by atoms with E-state index in [1.165, 1.54) is 6.42 Å². The molecule has 2 aliphatic rings. The van der Waals surface area contributed by atoms with Crippen molar-refractivity contribution < 1.29 is 4.79 Å². The van der Waals surface area contributed by atoms with Gasteiger partial charge in [0.25, 0.3) is 5.91 Å². The largest absolute Gasteiger partial charge is 0.338 e. The minimum absolute atomic E-state index is 0.119. The summed E-state index contributed by atoms with van der Waals surface area (Å²) in [4.78, 5) is 18.1. The molecule has 17 heavy (non-hydrogen) atoms. The maximum absolute atomic E-state index is 12.2. The van der Waals surface area contributed by atoms with Crippen molar-refractivity contribution in [1.82, 2.24) is 9.88 Å². The van der Waals surface area contributed by atoms with Gasteiger partial charge in [0.15, 0.2) is 0 Å². The van der Waals surface area contributed by atoms with Gasteiger partial charge in [-0.25, -0.2) is 0 Å². The van der Waals surface area contributed by atoms with Gasteiger partial charge in [-0.05, 0) is 36.8 Å². The second-order valence-corrected chi connectivity index (χ2v) is 5.11. The summed E-state index contributed by atoms with van der Waals surface area (Å²) in [6.45, 7) is 1.70. The van der Waals surface area contributed by atoms with E-state index in [0.29, 0.717) is 11.8 Å². The summed E-state index contributed by atoms with van der Waals surface area (Å²) < 4.78 is 0. The van der Waals surface area contributed by atoms with E-state index < -0.39 is 0 Å². The van der Waals surface area contributed by atoms with Crippen molar-refractivity contribution >= 4 is 5.91 Å². The summed E-state index contributed by atoms with van der Waals surface area (Å²) in [6.07, 6.45) is 5.62. The smallest absolute Gasteiger partial charge is 0.253 e. The molecule has 0 bridgehead atoms. The fourth-order valence-corrected chi connectivity index (χ4v) is 3.15. The molecule has 90 valence electrons. The first-order valence-corrected chi connectivity index (χ1v) is 6.20. The second-order valence-electron chi connectivity index (χ2n) is 5.11. The third-order valence-electron chi connectivity index (χ3n) is 4.13. The van der Waals surface area contributed by atoms with E-state index in [-0.39, 0.29) is 11.9 Å². The third-order valence-corrected chi connectivity index (χ3v) is 4.13. The molecule has 1 aliphatic heterocycles. The first-order valence-electron chi connectivity index (χ1n) is 6.20. The summed E-state index contributed by atoms with van der Waals surface area (Å²) >= 11 is 0. The molecule has 1 saturated heterocycles. The van der Waals surface area contributed by atoms with Crippen LogP contribution in [0.25, 0.3) is 0 Å². The molecule has 1 saturated carbocycles. The van der Waals surface area contributed by atoms with Gasteiger partial charge in [-0.2, -0.15) is 0 Å². The highest BCUT2D eigenvalue weighted by Crippen LogP contribution is 2.37. The number of hydrogen-bond donors (Lipinski definition) is 1. The molecule has 4 nitrogen and oxygen atoms in total. The number of carbonyl (C=O) groups is 1. The van der Waals surface area contributed by atoms with Gasteiger partial charge in [-0.1, -0.05) is 0 Å². The Balaban J connectivity index is 1.73. The molecule has 3 unspecified atom stereocenters. The lowest BCUT2D eigenvalue weighted by Gasteiger charge is -2.18. The lowest BCUT2D eigenvalue weighted by atomic mass is 9.98. The highest BCUT2D eigenvalue weighted by Gasteiger charge is 2.42. The zero-order valence-corrected chi connectivity index (χ0v) is 9.75. The van der Waals surface area contributed by atoms with Crippen molar-refractivity contribution in [3.63, 3.8) is 0 Å². The molecular formula is C13H17N3O. The fraction of sp³-hybridized carbons (Fsp3) is 0.538. The second kappa shape index (κ2) is 4.11. The van der Waals surface area contributed by atoms with Gasteiger partial charge in [0.1, 0.15) is 0 Å². The Morgan fingerprint density at radius 2 is 2.06 bits per heavy atom. The van der Waals surface area contributed by atoms with Crippen LogP contribution >= 0.6 is 0 Å². The maximum atomic E-state index is 12.2. The van der Waals surface area contributed by atoms with Gasteiger partial charge in [0, 0.05) is 37.1 Å². The molecule has 3 atom stereocenters. The van der Waals surface area contributed by atoms with Crippen LogP contribution in [-0.4, -0.2) is 34.9 Å². The standard InChI is InChI=1S/C13H17N3O/c14-12-2-1-10-7-16(8-11(10)12)13(17)9-3-5-15-6-4-9/h3-6,10-12H,1-2,7-8,14H2. The molecular weight excluding hydrogens is 214 g/mol. The number of pyridine rings is 1. The lowest BCUT2D eigenvalue weighted by Crippen LogP contribution is -2.33. The van der Waals surface area contributed by atoms with Crippen LogP contribution in [0.15, 0.2) is 24.5 Å². The van der Waals surface area contributed by atoms with Crippen LogP contribution in [0, 0.1) is 11.8 Å². The van der Waals surface area contributed by atoms with Gasteiger partial charge in [0.2, 0.25) is 0 Å². The monoisotopic (exact) mass is 231 g/mol. The van der Waals surface area contributed by atoms with Gasteiger partial charge in [0.05, 0.1) is 0 Å². The molecule has 1 aliphatic carbocycles. The molecule has 1 amide bonds. The van der Waals surface area contributed by atoms with Crippen LogP contribution in [0.3, 0.4) is 0 Å². The Kier molecular flexibility index (Phi) is 2.59. The molecule has 2 N–H and O–H groups in total. The molecule has 2 fully saturated rings. The van der Waals surface area contributed by atoms with Crippen molar-refractivity contribution in [3.8, 4) is 0 Å². The average Bonchev–Trinajstić information content (AvgIpc) is 2.92. The first-order chi connectivity index (χ1) is 8.25. The minimum atomic E-state index is 0.119. The summed E-state index contributed by atoms with van der Waals surface area (Å²) in [5.41, 5.74) is 6.80. The van der Waals surface area contributed by atoms with Gasteiger partial charge in [-0.15, -0.1) is 0 Å². The summed E-state index contributed by atoms with van der Waals surface area (Å²) in [7, 11) is 0. The Bertz CT molecular complexity index is 420. The number of amides is 1. The van der Waals surface area contributed by atoms with Crippen LogP contribution in [0.5, 0.6) is 0 Å². The van der Waals surface area contributed by atoms with Crippen molar-refractivity contribution in [2.24, 2.45) is 17.6 Å². The zero-order valence-electron chi connectivity index (χ0n) is 9.75. The van der Waals surface area contributed by atoms with Crippen LogP contribution in [0.4, 0.5) is 0 Å². The lowest BCUT2D eigenvalue weighted by molar-refractivity contribution is 0.0779. The Morgan fingerprint density at radius 1 is 1.29 bits per heavy atom. The number of nitrogens with zero attached hydrogens (tertiary/aromatic N) is 2. The number of aromatic nitrogens is 1. The maximum Gasteiger partial charge on any atom is 0.253 e. The number of carbonyl (C=O) groups excluding carboxylic acids is 1. The van der Waals surface area contributed by atoms with E-state index >= 15 is 0 Å². The van der Waals surface area contributed by atoms with Crippen LogP contribution < -0.4 is 5.73 Å². The van der Waals surface area contributed by atoms with Crippen molar-refractivity contribution in [2.75, 3.05) is 13.1 Å². The van der Waals surface area contributed by atoms with Crippen molar-refractivity contribution in [3.05, 3.63) is 30.1 Å². The number of fused-ring (bicyclic) bond motifs is 1. The molecule has 1 aromatic rings. The van der Waals surface area contributed by atoms with Crippen LogP contribution in [-0.2, 0) is 0 Å². The quantitative estimate of drug-likeness (QED) is 0.781. The van der Waals surface area contributed by atoms with Crippen LogP contribution in [0.2, 0.25) is 0 Å². The summed E-state index contributed by atoms with van der Waals surface area (Å²) in [5.74, 6) is 1.26. The van der Waals surface area contributed by atoms with E-state index in [0.717, 1.165) is 25.1 Å². The van der Waals surface area contributed by atoms with E-state index in [9.17, 15) is 4.79 Å². The molecule has 2 heterocycles. The minimum Gasteiger partial charge on any atom is -0.338 e. The predicted molar refractivity (Wildman–Crippen MR) is 64.3 cm³/mol. The third kappa shape index (κ3) is 1.82. The van der Waals surface area contributed by atoms with E-state index in [1.807, 2.05) is 4.90 Å². The topological polar surface area (TPSA) is 59.2 Å². The molecule has 0 spiro atoms. The fourth-order valence-electron chi connectivity index (χ4n) is 3.15. The highest BCUT2D eigenvalue weighted by molar-refractivity contribution is 5.94. The highest BCUT2D eigenvalue weighted by atomic mass is 16.2. The first kappa shape index (κ1) is 10.7. The molecule has 1 aromatic heterocycles. The molecule has 3 rings (SSSR count). The Labute approximate surface area is 101 Å². The Hall–Kier alpha value is -1.42. The van der Waals surface area contributed by atoms with Crippen LogP contribution in [0.1, 0.15) is 23.2 Å².